The number of fused-ring (bicyclic) bond motifs is 1. The van der Waals surface area contributed by atoms with Crippen molar-refractivity contribution in [2.45, 2.75) is 0 Å². The predicted octanol–water partition coefficient (Wildman–Crippen LogP) is 7.19. The maximum Gasteiger partial charge on any atom is 0.131 e. The Morgan fingerprint density at radius 1 is 0.640 bits per heavy atom. The number of phenolic OH excluding ortho intramolecular Hbond substituents is 1. The Morgan fingerprint density at radius 2 is 1.20 bits per heavy atom. The van der Waals surface area contributed by atoms with Crippen LogP contribution >= 0.6 is 23.2 Å². The third-order valence-corrected chi connectivity index (χ3v) is 4.81. The van der Waals surface area contributed by atoms with Crippen LogP contribution in [0, 0.1) is 0 Å². The maximum absolute atomic E-state index is 11.1. The zero-order valence-corrected chi connectivity index (χ0v) is 14.7. The minimum atomic E-state index is 0.253. The zero-order chi connectivity index (χ0) is 17.4. The summed E-state index contributed by atoms with van der Waals surface area (Å²) in [5.41, 5.74) is 3.43. The van der Waals surface area contributed by atoms with Gasteiger partial charge in [0.05, 0.1) is 0 Å². The van der Waals surface area contributed by atoms with Gasteiger partial charge in [-0.25, -0.2) is 0 Å². The zero-order valence-electron chi connectivity index (χ0n) is 13.2. The van der Waals surface area contributed by atoms with Crippen molar-refractivity contribution in [2.75, 3.05) is 0 Å². The van der Waals surface area contributed by atoms with Gasteiger partial charge in [-0.2, -0.15) is 0 Å². The summed E-state index contributed by atoms with van der Waals surface area (Å²) in [4.78, 5) is 0. The summed E-state index contributed by atoms with van der Waals surface area (Å²) in [5, 5.41) is 14.5. The molecule has 25 heavy (non-hydrogen) atoms. The van der Waals surface area contributed by atoms with Crippen LogP contribution < -0.4 is 0 Å². The minimum absolute atomic E-state index is 0.253. The molecule has 4 aromatic carbocycles. The highest BCUT2D eigenvalue weighted by Gasteiger charge is 2.15. The fourth-order valence-electron chi connectivity index (χ4n) is 3.09. The first-order valence-electron chi connectivity index (χ1n) is 7.90. The van der Waals surface area contributed by atoms with E-state index in [4.69, 9.17) is 23.2 Å². The lowest BCUT2D eigenvalue weighted by molar-refractivity contribution is 0.480. The number of benzene rings is 4. The first kappa shape index (κ1) is 16.0. The molecule has 1 nitrogen and oxygen atoms in total. The Balaban J connectivity index is 2.04. The van der Waals surface area contributed by atoms with Crippen LogP contribution in [0.2, 0.25) is 10.0 Å². The van der Waals surface area contributed by atoms with E-state index in [9.17, 15) is 5.11 Å². The quantitative estimate of drug-likeness (QED) is 0.399. The van der Waals surface area contributed by atoms with Crippen LogP contribution in [-0.4, -0.2) is 5.11 Å². The Kier molecular flexibility index (Phi) is 4.12. The van der Waals surface area contributed by atoms with E-state index in [1.165, 1.54) is 0 Å². The number of aromatic hydroxyl groups is 1. The van der Waals surface area contributed by atoms with E-state index in [0.717, 1.165) is 33.0 Å². The highest BCUT2D eigenvalue weighted by Crippen LogP contribution is 2.43. The molecule has 0 saturated heterocycles. The molecule has 122 valence electrons. The van der Waals surface area contributed by atoms with Gasteiger partial charge in [0.15, 0.2) is 0 Å². The van der Waals surface area contributed by atoms with E-state index < -0.39 is 0 Å². The monoisotopic (exact) mass is 364 g/mol. The van der Waals surface area contributed by atoms with Gasteiger partial charge in [-0.1, -0.05) is 71.7 Å². The van der Waals surface area contributed by atoms with Gasteiger partial charge < -0.3 is 5.11 Å². The second-order valence-corrected chi connectivity index (χ2v) is 6.76. The fraction of sp³-hybridized carbons (Fsp3) is 0. The summed E-state index contributed by atoms with van der Waals surface area (Å²) in [7, 11) is 0. The van der Waals surface area contributed by atoms with E-state index in [0.29, 0.717) is 10.0 Å². The largest absolute Gasteiger partial charge is 0.507 e. The van der Waals surface area contributed by atoms with Crippen LogP contribution in [0.25, 0.3) is 33.0 Å². The summed E-state index contributed by atoms with van der Waals surface area (Å²) in [6, 6.07) is 25.0. The standard InChI is InChI=1S/C22H14Cl2O/c23-17-9-5-14(6-10-17)20-13-16-3-1-2-4-19(16)21(22(20)25)15-7-11-18(24)12-8-15/h1-13,25H. The third-order valence-electron chi connectivity index (χ3n) is 4.31. The van der Waals surface area contributed by atoms with Gasteiger partial charge in [-0.3, -0.25) is 0 Å². The number of hydrogen-bond acceptors (Lipinski definition) is 1. The van der Waals surface area contributed by atoms with Crippen molar-refractivity contribution in [2.24, 2.45) is 0 Å². The van der Waals surface area contributed by atoms with E-state index >= 15 is 0 Å². The normalized spacial score (nSPS) is 11.0. The Hall–Kier alpha value is -2.48. The second kappa shape index (κ2) is 6.44. The molecule has 0 aromatic heterocycles. The van der Waals surface area contributed by atoms with Gasteiger partial charge >= 0.3 is 0 Å². The fourth-order valence-corrected chi connectivity index (χ4v) is 3.35. The lowest BCUT2D eigenvalue weighted by atomic mass is 9.91. The van der Waals surface area contributed by atoms with Crippen LogP contribution in [-0.2, 0) is 0 Å². The van der Waals surface area contributed by atoms with Crippen molar-refractivity contribution in [1.29, 1.82) is 0 Å². The number of phenols is 1. The summed E-state index contributed by atoms with van der Waals surface area (Å²) >= 11 is 12.0. The number of rotatable bonds is 2. The SMILES string of the molecule is Oc1c(-c2ccc(Cl)cc2)cc2ccccc2c1-c1ccc(Cl)cc1. The molecule has 0 aliphatic heterocycles. The van der Waals surface area contributed by atoms with E-state index in [-0.39, 0.29) is 5.75 Å². The summed E-state index contributed by atoms with van der Waals surface area (Å²) < 4.78 is 0. The molecule has 0 fully saturated rings. The molecule has 1 N–H and O–H groups in total. The summed E-state index contributed by atoms with van der Waals surface area (Å²) in [6.07, 6.45) is 0. The first-order chi connectivity index (χ1) is 12.1. The summed E-state index contributed by atoms with van der Waals surface area (Å²) in [5.74, 6) is 0.253. The number of halogens is 2. The molecule has 0 amide bonds. The van der Waals surface area contributed by atoms with E-state index in [2.05, 4.69) is 0 Å². The average molecular weight is 365 g/mol. The van der Waals surface area contributed by atoms with Gasteiger partial charge in [0, 0.05) is 21.2 Å². The highest BCUT2D eigenvalue weighted by atomic mass is 35.5. The smallest absolute Gasteiger partial charge is 0.131 e. The molecular formula is C22H14Cl2O. The van der Waals surface area contributed by atoms with E-state index in [1.807, 2.05) is 78.9 Å². The van der Waals surface area contributed by atoms with Crippen LogP contribution in [0.15, 0.2) is 78.9 Å². The van der Waals surface area contributed by atoms with Crippen LogP contribution in [0.4, 0.5) is 0 Å². The van der Waals surface area contributed by atoms with Gasteiger partial charge in [0.2, 0.25) is 0 Å². The van der Waals surface area contributed by atoms with Crippen molar-refractivity contribution in [1.82, 2.24) is 0 Å². The van der Waals surface area contributed by atoms with Crippen molar-refractivity contribution >= 4 is 34.0 Å². The average Bonchev–Trinajstić information content (AvgIpc) is 2.63. The van der Waals surface area contributed by atoms with Crippen molar-refractivity contribution < 1.29 is 5.11 Å². The van der Waals surface area contributed by atoms with E-state index in [1.54, 1.807) is 0 Å². The van der Waals surface area contributed by atoms with Gasteiger partial charge in [-0.05, 0) is 52.2 Å². The lowest BCUT2D eigenvalue weighted by Gasteiger charge is -2.15. The van der Waals surface area contributed by atoms with Gasteiger partial charge in [0.1, 0.15) is 5.75 Å². The first-order valence-corrected chi connectivity index (χ1v) is 8.65. The highest BCUT2D eigenvalue weighted by molar-refractivity contribution is 6.31. The van der Waals surface area contributed by atoms with Crippen LogP contribution in [0.3, 0.4) is 0 Å². The molecule has 4 aromatic rings. The van der Waals surface area contributed by atoms with Crippen LogP contribution in [0.1, 0.15) is 0 Å². The van der Waals surface area contributed by atoms with Crippen LogP contribution in [0.5, 0.6) is 5.75 Å². The third kappa shape index (κ3) is 2.97. The van der Waals surface area contributed by atoms with Gasteiger partial charge in [-0.15, -0.1) is 0 Å². The Labute approximate surface area is 156 Å². The minimum Gasteiger partial charge on any atom is -0.507 e. The molecule has 0 saturated carbocycles. The predicted molar refractivity (Wildman–Crippen MR) is 107 cm³/mol. The molecule has 4 rings (SSSR count). The lowest BCUT2D eigenvalue weighted by Crippen LogP contribution is -1.88. The van der Waals surface area contributed by atoms with Crippen molar-refractivity contribution in [3.8, 4) is 28.0 Å². The molecular weight excluding hydrogens is 351 g/mol. The molecule has 0 aliphatic carbocycles. The Morgan fingerprint density at radius 3 is 1.84 bits per heavy atom. The molecule has 0 spiro atoms. The molecule has 0 bridgehead atoms. The topological polar surface area (TPSA) is 20.2 Å². The molecule has 0 heterocycles. The van der Waals surface area contributed by atoms with Crippen molar-refractivity contribution in [3.05, 3.63) is 88.9 Å². The number of hydrogen-bond donors (Lipinski definition) is 1. The van der Waals surface area contributed by atoms with Gasteiger partial charge in [0.25, 0.3) is 0 Å². The molecule has 0 unspecified atom stereocenters. The molecule has 0 atom stereocenters. The maximum atomic E-state index is 11.1. The molecule has 0 aliphatic rings. The second-order valence-electron chi connectivity index (χ2n) is 5.88. The molecule has 3 heteroatoms. The Bertz CT molecular complexity index is 1050. The molecule has 0 radical (unpaired) electrons. The van der Waals surface area contributed by atoms with Crippen molar-refractivity contribution in [3.63, 3.8) is 0 Å². The summed E-state index contributed by atoms with van der Waals surface area (Å²) in [6.45, 7) is 0.